The summed E-state index contributed by atoms with van der Waals surface area (Å²) in [5.74, 6) is 0.262. The van der Waals surface area contributed by atoms with E-state index in [4.69, 9.17) is 14.2 Å². The van der Waals surface area contributed by atoms with Crippen LogP contribution in [0.4, 0.5) is 0 Å². The zero-order chi connectivity index (χ0) is 26.4. The number of carbonyl (C=O) groups is 1. The number of aromatic nitrogens is 3. The molecule has 0 unspecified atom stereocenters. The van der Waals surface area contributed by atoms with Crippen molar-refractivity contribution in [3.05, 3.63) is 83.3 Å². The summed E-state index contributed by atoms with van der Waals surface area (Å²) in [6.07, 6.45) is 4.35. The molecule has 0 spiro atoms. The third kappa shape index (κ3) is 5.58. The van der Waals surface area contributed by atoms with Crippen molar-refractivity contribution in [1.82, 2.24) is 14.6 Å². The second kappa shape index (κ2) is 11.6. The van der Waals surface area contributed by atoms with Gasteiger partial charge in [0, 0.05) is 11.8 Å². The van der Waals surface area contributed by atoms with Crippen molar-refractivity contribution < 1.29 is 24.1 Å². The molecule has 2 heterocycles. The molecule has 0 fully saturated rings. The van der Waals surface area contributed by atoms with E-state index >= 15 is 0 Å². The Morgan fingerprint density at radius 1 is 1.03 bits per heavy atom. The predicted molar refractivity (Wildman–Crippen MR) is 142 cm³/mol. The third-order valence-electron chi connectivity index (χ3n) is 6.16. The highest BCUT2D eigenvalue weighted by Gasteiger charge is 2.23. The summed E-state index contributed by atoms with van der Waals surface area (Å²) in [4.78, 5) is 17.3. The number of hydrogen-bond donors (Lipinski definition) is 1. The van der Waals surface area contributed by atoms with E-state index in [1.165, 1.54) is 7.11 Å². The van der Waals surface area contributed by atoms with Gasteiger partial charge in [0.25, 0.3) is 0 Å². The number of rotatable bonds is 11. The number of hydrogen-bond acceptors (Lipinski definition) is 6. The summed E-state index contributed by atoms with van der Waals surface area (Å²) in [5, 5.41) is 14.7. The van der Waals surface area contributed by atoms with Crippen LogP contribution >= 0.6 is 0 Å². The molecule has 192 valence electrons. The van der Waals surface area contributed by atoms with Crippen LogP contribution in [0.2, 0.25) is 0 Å². The Bertz CT molecular complexity index is 1430. The Morgan fingerprint density at radius 2 is 1.78 bits per heavy atom. The molecule has 0 atom stereocenters. The normalized spacial score (nSPS) is 11.8. The fraction of sp³-hybridized carbons (Fsp3) is 0.276. The third-order valence-corrected chi connectivity index (χ3v) is 6.16. The van der Waals surface area contributed by atoms with Crippen molar-refractivity contribution >= 4 is 22.8 Å². The molecule has 0 radical (unpaired) electrons. The number of carboxylic acid groups (broad SMARTS) is 1. The molecule has 4 aromatic rings. The average Bonchev–Trinajstić information content (AvgIpc) is 3.39. The fourth-order valence-electron chi connectivity index (χ4n) is 4.22. The molecule has 4 rings (SSSR count). The maximum atomic E-state index is 12.7. The Labute approximate surface area is 216 Å². The highest BCUT2D eigenvalue weighted by atomic mass is 16.5. The van der Waals surface area contributed by atoms with Gasteiger partial charge in [-0.1, -0.05) is 43.7 Å². The number of nitrogens with zero attached hydrogens (tertiary/aromatic N) is 3. The van der Waals surface area contributed by atoms with Gasteiger partial charge in [0.1, 0.15) is 6.61 Å². The summed E-state index contributed by atoms with van der Waals surface area (Å²) in [7, 11) is 3.08. The number of fused-ring (bicyclic) bond motifs is 1. The highest BCUT2D eigenvalue weighted by Crippen LogP contribution is 2.41. The van der Waals surface area contributed by atoms with Crippen molar-refractivity contribution in [3.8, 4) is 17.2 Å². The van der Waals surface area contributed by atoms with Crippen molar-refractivity contribution in [2.24, 2.45) is 0 Å². The SMILES string of the molecule is CCCCc1cc(/C(C(=O)O)=C(/C)c2cc(OC)c(OC)c(OCc3ccccc3)c2)n2nccc2n1. The Kier molecular flexibility index (Phi) is 8.08. The second-order valence-corrected chi connectivity index (χ2v) is 8.63. The van der Waals surface area contributed by atoms with Gasteiger partial charge in [0.2, 0.25) is 5.75 Å². The standard InChI is InChI=1S/C29H31N3O5/c1-5-6-12-22-17-23(32-26(31-22)13-14-30-32)27(29(33)34)19(2)21-15-24(35-3)28(36-4)25(16-21)37-18-20-10-8-7-9-11-20/h7-11,13-17H,5-6,12,18H2,1-4H3,(H,33,34)/b27-19+. The number of aryl methyl sites for hydroxylation is 1. The van der Waals surface area contributed by atoms with Gasteiger partial charge in [-0.3, -0.25) is 0 Å². The molecule has 0 aliphatic heterocycles. The first-order chi connectivity index (χ1) is 18.0. The lowest BCUT2D eigenvalue weighted by molar-refractivity contribution is -0.130. The van der Waals surface area contributed by atoms with Crippen molar-refractivity contribution in [3.63, 3.8) is 0 Å². The van der Waals surface area contributed by atoms with E-state index in [-0.39, 0.29) is 5.57 Å². The van der Waals surface area contributed by atoms with Crippen LogP contribution in [0.5, 0.6) is 17.2 Å². The number of benzene rings is 2. The van der Waals surface area contributed by atoms with E-state index in [0.29, 0.717) is 46.3 Å². The molecule has 0 aliphatic rings. The molecule has 0 amide bonds. The molecule has 8 nitrogen and oxygen atoms in total. The number of aliphatic carboxylic acids is 1. The van der Waals surface area contributed by atoms with E-state index in [1.807, 2.05) is 36.4 Å². The molecule has 8 heteroatoms. The largest absolute Gasteiger partial charge is 0.493 e. The van der Waals surface area contributed by atoms with E-state index in [2.05, 4.69) is 17.0 Å². The fourth-order valence-corrected chi connectivity index (χ4v) is 4.22. The number of methoxy groups -OCH3 is 2. The minimum absolute atomic E-state index is 0.120. The van der Waals surface area contributed by atoms with Crippen LogP contribution in [0.3, 0.4) is 0 Å². The van der Waals surface area contributed by atoms with Gasteiger partial charge in [0.15, 0.2) is 17.1 Å². The van der Waals surface area contributed by atoms with Gasteiger partial charge in [-0.2, -0.15) is 5.10 Å². The summed E-state index contributed by atoms with van der Waals surface area (Å²) in [5.41, 5.74) is 4.17. The lowest BCUT2D eigenvalue weighted by atomic mass is 9.97. The van der Waals surface area contributed by atoms with Crippen molar-refractivity contribution in [2.75, 3.05) is 14.2 Å². The molecule has 0 aliphatic carbocycles. The number of allylic oxidation sites excluding steroid dienone is 1. The smallest absolute Gasteiger partial charge is 0.338 e. The maximum Gasteiger partial charge on any atom is 0.338 e. The molecule has 2 aromatic carbocycles. The van der Waals surface area contributed by atoms with Crippen LogP contribution < -0.4 is 14.2 Å². The lowest BCUT2D eigenvalue weighted by Crippen LogP contribution is -2.10. The molecular weight excluding hydrogens is 470 g/mol. The minimum atomic E-state index is -1.07. The van der Waals surface area contributed by atoms with Gasteiger partial charge in [-0.15, -0.1) is 0 Å². The number of unbranched alkanes of at least 4 members (excludes halogenated alkanes) is 1. The number of ether oxygens (including phenoxy) is 3. The van der Waals surface area contributed by atoms with Crippen LogP contribution in [-0.4, -0.2) is 39.9 Å². The van der Waals surface area contributed by atoms with E-state index in [0.717, 1.165) is 30.5 Å². The lowest BCUT2D eigenvalue weighted by Gasteiger charge is -2.18. The summed E-state index contributed by atoms with van der Waals surface area (Å²) in [6, 6.07) is 16.9. The van der Waals surface area contributed by atoms with Gasteiger partial charge in [-0.05, 0) is 54.7 Å². The first-order valence-electron chi connectivity index (χ1n) is 12.2. The van der Waals surface area contributed by atoms with Crippen molar-refractivity contribution in [1.29, 1.82) is 0 Å². The van der Waals surface area contributed by atoms with E-state index in [1.54, 1.807) is 42.9 Å². The van der Waals surface area contributed by atoms with Crippen LogP contribution in [0.25, 0.3) is 16.8 Å². The first-order valence-corrected chi connectivity index (χ1v) is 12.2. The maximum absolute atomic E-state index is 12.7. The summed E-state index contributed by atoms with van der Waals surface area (Å²) in [6.45, 7) is 4.20. The first kappa shape index (κ1) is 25.8. The Morgan fingerprint density at radius 3 is 2.46 bits per heavy atom. The zero-order valence-corrected chi connectivity index (χ0v) is 21.5. The molecular formula is C29H31N3O5. The second-order valence-electron chi connectivity index (χ2n) is 8.63. The van der Waals surface area contributed by atoms with Crippen LogP contribution in [0.1, 0.15) is 49.2 Å². The highest BCUT2D eigenvalue weighted by molar-refractivity contribution is 6.23. The molecule has 1 N–H and O–H groups in total. The summed E-state index contributed by atoms with van der Waals surface area (Å²) >= 11 is 0. The zero-order valence-electron chi connectivity index (χ0n) is 21.5. The quantitative estimate of drug-likeness (QED) is 0.264. The molecule has 0 saturated carbocycles. The monoisotopic (exact) mass is 501 g/mol. The van der Waals surface area contributed by atoms with Gasteiger partial charge >= 0.3 is 5.97 Å². The van der Waals surface area contributed by atoms with Crippen molar-refractivity contribution in [2.45, 2.75) is 39.7 Å². The Balaban J connectivity index is 1.85. The molecule has 37 heavy (non-hydrogen) atoms. The van der Waals surface area contributed by atoms with Gasteiger partial charge in [0.05, 0.1) is 31.7 Å². The van der Waals surface area contributed by atoms with Gasteiger partial charge in [-0.25, -0.2) is 14.3 Å². The van der Waals surface area contributed by atoms with E-state index < -0.39 is 5.97 Å². The van der Waals surface area contributed by atoms with Gasteiger partial charge < -0.3 is 19.3 Å². The van der Waals surface area contributed by atoms with Crippen LogP contribution in [-0.2, 0) is 17.8 Å². The minimum Gasteiger partial charge on any atom is -0.493 e. The summed E-state index contributed by atoms with van der Waals surface area (Å²) < 4.78 is 18.8. The average molecular weight is 502 g/mol. The molecule has 0 bridgehead atoms. The van der Waals surface area contributed by atoms with E-state index in [9.17, 15) is 9.90 Å². The number of carboxylic acids is 1. The predicted octanol–water partition coefficient (Wildman–Crippen LogP) is 5.68. The topological polar surface area (TPSA) is 95.2 Å². The van der Waals surface area contributed by atoms with Crippen LogP contribution in [0.15, 0.2) is 60.8 Å². The molecule has 2 aromatic heterocycles. The van der Waals surface area contributed by atoms with Crippen LogP contribution in [0, 0.1) is 0 Å². The molecule has 0 saturated heterocycles. The Hall–Kier alpha value is -4.33.